The van der Waals surface area contributed by atoms with Crippen LogP contribution < -0.4 is 0 Å². The van der Waals surface area contributed by atoms with Crippen LogP contribution in [0.2, 0.25) is 0 Å². The number of hydrogen-bond acceptors (Lipinski definition) is 3. The maximum Gasteiger partial charge on any atom is 0.109 e. The number of hydrogen-bond donors (Lipinski definition) is 1. The van der Waals surface area contributed by atoms with Crippen molar-refractivity contribution >= 4 is 10.9 Å². The summed E-state index contributed by atoms with van der Waals surface area (Å²) in [5.74, 6) is 0.615. The van der Waals surface area contributed by atoms with E-state index in [1.54, 1.807) is 11.1 Å². The normalized spacial score (nSPS) is 18.5. The van der Waals surface area contributed by atoms with Gasteiger partial charge >= 0.3 is 0 Å². The SMILES string of the molecule is C=C(C1CN(Cc2cccc3[nH]ccc23)CCO1)N(Cc1cc(C)c2c(c1)CCCCC2)CC(C)CC.CC. The molecule has 3 aromatic rings. The van der Waals surface area contributed by atoms with Crippen LogP contribution in [0.1, 0.15) is 81.2 Å². The maximum absolute atomic E-state index is 6.36. The smallest absolute Gasteiger partial charge is 0.109 e. The van der Waals surface area contributed by atoms with E-state index in [1.165, 1.54) is 66.1 Å². The zero-order chi connectivity index (χ0) is 27.8. The highest BCUT2D eigenvalue weighted by atomic mass is 16.5. The lowest BCUT2D eigenvalue weighted by Gasteiger charge is -2.39. The fraction of sp³-hybridized carbons (Fsp3) is 0.543. The van der Waals surface area contributed by atoms with Gasteiger partial charge in [-0.25, -0.2) is 0 Å². The van der Waals surface area contributed by atoms with Gasteiger partial charge in [0.15, 0.2) is 0 Å². The summed E-state index contributed by atoms with van der Waals surface area (Å²) >= 11 is 0. The van der Waals surface area contributed by atoms with Gasteiger partial charge in [0, 0.05) is 55.5 Å². The first-order chi connectivity index (χ1) is 19.0. The third-order valence-corrected chi connectivity index (χ3v) is 8.61. The molecule has 1 aliphatic heterocycles. The Hall–Kier alpha value is -2.56. The van der Waals surface area contributed by atoms with Crippen LogP contribution >= 0.6 is 0 Å². The van der Waals surface area contributed by atoms with E-state index in [2.05, 4.69) is 78.5 Å². The number of aromatic nitrogens is 1. The number of benzene rings is 2. The lowest BCUT2D eigenvalue weighted by molar-refractivity contribution is -0.0259. The Balaban J connectivity index is 0.00000172. The number of morpholine rings is 1. The van der Waals surface area contributed by atoms with Crippen molar-refractivity contribution in [1.82, 2.24) is 14.8 Å². The Morgan fingerprint density at radius 1 is 1.15 bits per heavy atom. The zero-order valence-electron chi connectivity index (χ0n) is 25.2. The van der Waals surface area contributed by atoms with Crippen LogP contribution in [0.3, 0.4) is 0 Å². The predicted octanol–water partition coefficient (Wildman–Crippen LogP) is 8.03. The minimum Gasteiger partial charge on any atom is -0.369 e. The zero-order valence-corrected chi connectivity index (χ0v) is 25.2. The van der Waals surface area contributed by atoms with E-state index in [4.69, 9.17) is 4.74 Å². The molecule has 0 bridgehead atoms. The second kappa shape index (κ2) is 14.2. The Labute approximate surface area is 237 Å². The first kappa shape index (κ1) is 29.4. The molecule has 2 aliphatic rings. The standard InChI is InChI=1S/C33H45N3O.C2H6/c1-5-24(2)20-36(21-27-18-25(3)30-12-8-6-7-10-28(30)19-27)26(4)33-23-35(16-17-37-33)22-29-11-9-13-32-31(29)14-15-34-32;1-2/h9,11,13-15,18-19,24,33-34H,4-8,10,12,16-17,20-23H2,1-3H3;1-2H3. The van der Waals surface area contributed by atoms with Crippen LogP contribution in [0.15, 0.2) is 54.9 Å². The summed E-state index contributed by atoms with van der Waals surface area (Å²) in [5.41, 5.74) is 9.82. The van der Waals surface area contributed by atoms with Gasteiger partial charge in [0.25, 0.3) is 0 Å². The van der Waals surface area contributed by atoms with E-state index < -0.39 is 0 Å². The summed E-state index contributed by atoms with van der Waals surface area (Å²) in [4.78, 5) is 8.41. The molecular formula is C35H51N3O. The van der Waals surface area contributed by atoms with Crippen LogP contribution in [0.5, 0.6) is 0 Å². The van der Waals surface area contributed by atoms with Gasteiger partial charge in [0.1, 0.15) is 6.10 Å². The molecule has 4 nitrogen and oxygen atoms in total. The molecule has 0 saturated carbocycles. The van der Waals surface area contributed by atoms with Crippen LogP contribution in [0, 0.1) is 12.8 Å². The van der Waals surface area contributed by atoms with Crippen molar-refractivity contribution < 1.29 is 4.74 Å². The fourth-order valence-electron chi connectivity index (χ4n) is 6.23. The van der Waals surface area contributed by atoms with Crippen molar-refractivity contribution in [3.63, 3.8) is 0 Å². The Morgan fingerprint density at radius 2 is 1.97 bits per heavy atom. The summed E-state index contributed by atoms with van der Waals surface area (Å²) < 4.78 is 6.36. The van der Waals surface area contributed by atoms with Crippen molar-refractivity contribution in [1.29, 1.82) is 0 Å². The van der Waals surface area contributed by atoms with Crippen molar-refractivity contribution in [2.75, 3.05) is 26.2 Å². The number of aromatic amines is 1. The number of aryl methyl sites for hydroxylation is 2. The van der Waals surface area contributed by atoms with Crippen LogP contribution in [-0.2, 0) is 30.7 Å². The third-order valence-electron chi connectivity index (χ3n) is 8.61. The van der Waals surface area contributed by atoms with Crippen LogP contribution in [0.25, 0.3) is 10.9 Å². The highest BCUT2D eigenvalue weighted by Crippen LogP contribution is 2.28. The minimum atomic E-state index is 0.0326. The van der Waals surface area contributed by atoms with Gasteiger partial charge < -0.3 is 14.6 Å². The summed E-state index contributed by atoms with van der Waals surface area (Å²) in [6.45, 7) is 21.1. The topological polar surface area (TPSA) is 31.5 Å². The first-order valence-corrected chi connectivity index (χ1v) is 15.5. The molecule has 39 heavy (non-hydrogen) atoms. The Bertz CT molecular complexity index is 1210. The average molecular weight is 530 g/mol. The van der Waals surface area contributed by atoms with Gasteiger partial charge in [-0.1, -0.05) is 71.4 Å². The second-order valence-corrected chi connectivity index (χ2v) is 11.4. The molecule has 1 fully saturated rings. The molecule has 2 heterocycles. The predicted molar refractivity (Wildman–Crippen MR) is 166 cm³/mol. The minimum absolute atomic E-state index is 0.0326. The van der Waals surface area contributed by atoms with Gasteiger partial charge in [-0.2, -0.15) is 0 Å². The van der Waals surface area contributed by atoms with Crippen LogP contribution in [0.4, 0.5) is 0 Å². The molecule has 0 radical (unpaired) electrons. The van der Waals surface area contributed by atoms with Crippen molar-refractivity contribution in [3.05, 3.63) is 82.7 Å². The van der Waals surface area contributed by atoms with Gasteiger partial charge in [-0.05, 0) is 78.5 Å². The summed E-state index contributed by atoms with van der Waals surface area (Å²) in [6.07, 6.45) is 9.72. The maximum atomic E-state index is 6.36. The third kappa shape index (κ3) is 7.35. The molecule has 5 rings (SSSR count). The molecule has 2 aromatic carbocycles. The van der Waals surface area contributed by atoms with Gasteiger partial charge in [0.05, 0.1) is 6.61 Å². The molecule has 0 amide bonds. The highest BCUT2D eigenvalue weighted by molar-refractivity contribution is 5.82. The molecule has 212 valence electrons. The lowest BCUT2D eigenvalue weighted by Crippen LogP contribution is -2.46. The quantitative estimate of drug-likeness (QED) is 0.285. The molecule has 0 spiro atoms. The summed E-state index contributed by atoms with van der Waals surface area (Å²) in [6, 6.07) is 13.7. The second-order valence-electron chi connectivity index (χ2n) is 11.4. The molecule has 1 saturated heterocycles. The number of H-pyrrole nitrogens is 1. The Morgan fingerprint density at radius 3 is 2.79 bits per heavy atom. The molecule has 1 aromatic heterocycles. The van der Waals surface area contributed by atoms with E-state index >= 15 is 0 Å². The number of fused-ring (bicyclic) bond motifs is 2. The molecular weight excluding hydrogens is 478 g/mol. The van der Waals surface area contributed by atoms with Gasteiger partial charge in [-0.15, -0.1) is 0 Å². The van der Waals surface area contributed by atoms with E-state index in [-0.39, 0.29) is 6.10 Å². The summed E-state index contributed by atoms with van der Waals surface area (Å²) in [7, 11) is 0. The van der Waals surface area contributed by atoms with Gasteiger partial charge in [0.2, 0.25) is 0 Å². The van der Waals surface area contributed by atoms with Gasteiger partial charge in [-0.3, -0.25) is 4.90 Å². The van der Waals surface area contributed by atoms with Crippen molar-refractivity contribution in [2.24, 2.45) is 5.92 Å². The van der Waals surface area contributed by atoms with E-state index in [0.717, 1.165) is 45.0 Å². The lowest BCUT2D eigenvalue weighted by atomic mass is 9.94. The molecule has 1 N–H and O–H groups in total. The number of rotatable bonds is 9. The molecule has 1 aliphatic carbocycles. The van der Waals surface area contributed by atoms with E-state index in [9.17, 15) is 0 Å². The number of nitrogens with one attached hydrogen (secondary N) is 1. The number of ether oxygens (including phenoxy) is 1. The first-order valence-electron chi connectivity index (χ1n) is 15.5. The van der Waals surface area contributed by atoms with E-state index in [1.807, 2.05) is 20.0 Å². The van der Waals surface area contributed by atoms with Crippen LogP contribution in [-0.4, -0.2) is 47.1 Å². The van der Waals surface area contributed by atoms with Crippen molar-refractivity contribution in [3.8, 4) is 0 Å². The monoisotopic (exact) mass is 529 g/mol. The largest absolute Gasteiger partial charge is 0.369 e. The summed E-state index contributed by atoms with van der Waals surface area (Å²) in [5, 5.41) is 1.32. The fourth-order valence-corrected chi connectivity index (χ4v) is 6.23. The highest BCUT2D eigenvalue weighted by Gasteiger charge is 2.27. The van der Waals surface area contributed by atoms with E-state index in [0.29, 0.717) is 5.92 Å². The molecule has 2 unspecified atom stereocenters. The molecule has 2 atom stereocenters. The van der Waals surface area contributed by atoms with Crippen molar-refractivity contribution in [2.45, 2.75) is 92.3 Å². The molecule has 4 heteroatoms. The average Bonchev–Trinajstić information content (AvgIpc) is 3.32. The Kier molecular flexibility index (Phi) is 10.7. The number of nitrogens with zero attached hydrogens (tertiary/aromatic N) is 2.